The summed E-state index contributed by atoms with van der Waals surface area (Å²) in [6.07, 6.45) is 3.54. The second kappa shape index (κ2) is 9.12. The molecule has 3 heterocycles. The van der Waals surface area contributed by atoms with Gasteiger partial charge in [-0.2, -0.15) is 9.97 Å². The van der Waals surface area contributed by atoms with Crippen LogP contribution in [0.25, 0.3) is 72.6 Å². The summed E-state index contributed by atoms with van der Waals surface area (Å²) in [4.78, 5) is 24.3. The second-order valence-corrected chi connectivity index (χ2v) is 11.8. The van der Waals surface area contributed by atoms with Gasteiger partial charge in [-0.3, -0.25) is 4.57 Å². The maximum atomic E-state index is 5.16. The number of fused-ring (bicyclic) bond motifs is 9. The highest BCUT2D eigenvalue weighted by atomic mass is 15.2. The first-order chi connectivity index (χ1) is 21.6. The fourth-order valence-electron chi connectivity index (χ4n) is 6.99. The van der Waals surface area contributed by atoms with Crippen LogP contribution in [0.1, 0.15) is 25.0 Å². The molecule has 0 saturated carbocycles. The molecule has 0 spiro atoms. The predicted octanol–water partition coefficient (Wildman–Crippen LogP) is 8.55. The lowest BCUT2D eigenvalue weighted by Gasteiger charge is -2.23. The lowest BCUT2D eigenvalue weighted by molar-refractivity contribution is 0.663. The van der Waals surface area contributed by atoms with Crippen molar-refractivity contribution < 1.29 is 0 Å². The van der Waals surface area contributed by atoms with Gasteiger partial charge in [-0.05, 0) is 22.8 Å². The van der Waals surface area contributed by atoms with Crippen LogP contribution in [0, 0.1) is 0 Å². The first-order valence-corrected chi connectivity index (χ1v) is 14.8. The Hall–Kier alpha value is -5.75. The van der Waals surface area contributed by atoms with E-state index in [0.29, 0.717) is 17.6 Å². The van der Waals surface area contributed by atoms with Crippen molar-refractivity contribution in [2.75, 3.05) is 0 Å². The summed E-state index contributed by atoms with van der Waals surface area (Å²) >= 11 is 0. The topological polar surface area (TPSA) is 69.4 Å². The van der Waals surface area contributed by atoms with E-state index in [1.165, 1.54) is 27.6 Å². The van der Waals surface area contributed by atoms with E-state index in [1.54, 1.807) is 6.33 Å². The van der Waals surface area contributed by atoms with Crippen LogP contribution in [-0.2, 0) is 5.41 Å². The summed E-state index contributed by atoms with van der Waals surface area (Å²) in [5.41, 5.74) is 9.59. The molecular formula is C38H26N6. The van der Waals surface area contributed by atoms with Gasteiger partial charge in [0.25, 0.3) is 0 Å². The van der Waals surface area contributed by atoms with E-state index >= 15 is 0 Å². The van der Waals surface area contributed by atoms with Crippen LogP contribution < -0.4 is 0 Å². The van der Waals surface area contributed by atoms with Crippen LogP contribution in [0.15, 0.2) is 122 Å². The van der Waals surface area contributed by atoms with Gasteiger partial charge in [-0.25, -0.2) is 15.0 Å². The normalized spacial score (nSPS) is 13.4. The molecule has 0 radical (unpaired) electrons. The number of rotatable bonds is 3. The highest BCUT2D eigenvalue weighted by molar-refractivity contribution is 6.14. The summed E-state index contributed by atoms with van der Waals surface area (Å²) in [7, 11) is 0. The molecule has 3 aromatic heterocycles. The van der Waals surface area contributed by atoms with Gasteiger partial charge in [0.05, 0.1) is 16.6 Å². The largest absolute Gasteiger partial charge is 0.277 e. The zero-order valence-electron chi connectivity index (χ0n) is 24.2. The third-order valence-electron chi connectivity index (χ3n) is 8.97. The lowest BCUT2D eigenvalue weighted by Crippen LogP contribution is -2.17. The molecule has 0 N–H and O–H groups in total. The molecule has 8 aromatic rings. The van der Waals surface area contributed by atoms with Gasteiger partial charge in [0.15, 0.2) is 11.6 Å². The molecule has 0 fully saturated rings. The number of para-hydroxylation sites is 1. The Bertz CT molecular complexity index is 2350. The van der Waals surface area contributed by atoms with E-state index < -0.39 is 0 Å². The smallest absolute Gasteiger partial charge is 0.238 e. The van der Waals surface area contributed by atoms with Crippen LogP contribution >= 0.6 is 0 Å². The molecule has 0 amide bonds. The highest BCUT2D eigenvalue weighted by Gasteiger charge is 2.40. The monoisotopic (exact) mass is 566 g/mol. The van der Waals surface area contributed by atoms with Crippen LogP contribution in [0.3, 0.4) is 0 Å². The maximum Gasteiger partial charge on any atom is 0.238 e. The molecule has 208 valence electrons. The molecular weight excluding hydrogens is 540 g/mol. The first-order valence-electron chi connectivity index (χ1n) is 14.8. The third-order valence-corrected chi connectivity index (χ3v) is 8.97. The van der Waals surface area contributed by atoms with Gasteiger partial charge in [-0.15, -0.1) is 0 Å². The summed E-state index contributed by atoms with van der Waals surface area (Å²) in [5, 5.41) is 3.36. The Labute approximate surface area is 253 Å². The van der Waals surface area contributed by atoms with Crippen LogP contribution in [-0.4, -0.2) is 29.5 Å². The van der Waals surface area contributed by atoms with E-state index in [-0.39, 0.29) is 5.41 Å². The van der Waals surface area contributed by atoms with E-state index in [9.17, 15) is 0 Å². The van der Waals surface area contributed by atoms with Gasteiger partial charge in [-0.1, -0.05) is 117 Å². The summed E-state index contributed by atoms with van der Waals surface area (Å²) < 4.78 is 2.24. The summed E-state index contributed by atoms with van der Waals surface area (Å²) in [6.45, 7) is 4.62. The van der Waals surface area contributed by atoms with Crippen LogP contribution in [0.4, 0.5) is 0 Å². The van der Waals surface area contributed by atoms with Gasteiger partial charge < -0.3 is 0 Å². The van der Waals surface area contributed by atoms with Crippen molar-refractivity contribution in [3.8, 4) is 39.9 Å². The van der Waals surface area contributed by atoms with E-state index in [4.69, 9.17) is 19.9 Å². The average Bonchev–Trinajstić information content (AvgIpc) is 3.54. The van der Waals surface area contributed by atoms with Crippen molar-refractivity contribution in [1.82, 2.24) is 29.5 Å². The summed E-state index contributed by atoms with van der Waals surface area (Å²) in [6, 6.07) is 37.7. The van der Waals surface area contributed by atoms with Crippen molar-refractivity contribution >= 4 is 32.7 Å². The zero-order valence-corrected chi connectivity index (χ0v) is 24.2. The maximum absolute atomic E-state index is 5.16. The molecule has 0 unspecified atom stereocenters. The van der Waals surface area contributed by atoms with Gasteiger partial charge in [0.1, 0.15) is 6.33 Å². The SMILES string of the molecule is CC1(C)c2ccc3cncnc3c2-c2ccc3c4ccccc4n(-c4nc(-c5ccccc5)nc(-c5ccccc5)n4)c3c21. The second-order valence-electron chi connectivity index (χ2n) is 11.8. The Morgan fingerprint density at radius 1 is 0.636 bits per heavy atom. The molecule has 0 saturated heterocycles. The van der Waals surface area contributed by atoms with Crippen molar-refractivity contribution in [2.45, 2.75) is 19.3 Å². The molecule has 44 heavy (non-hydrogen) atoms. The number of hydrogen-bond acceptors (Lipinski definition) is 5. The van der Waals surface area contributed by atoms with Gasteiger partial charge >= 0.3 is 0 Å². The molecule has 0 bridgehead atoms. The van der Waals surface area contributed by atoms with Crippen molar-refractivity contribution in [3.05, 3.63) is 133 Å². The Kier molecular flexibility index (Phi) is 5.14. The van der Waals surface area contributed by atoms with E-state index in [2.05, 4.69) is 71.9 Å². The molecule has 9 rings (SSSR count). The number of aromatic nitrogens is 6. The Balaban J connectivity index is 1.42. The predicted molar refractivity (Wildman–Crippen MR) is 176 cm³/mol. The van der Waals surface area contributed by atoms with Crippen LogP contribution in [0.5, 0.6) is 0 Å². The zero-order chi connectivity index (χ0) is 29.4. The minimum absolute atomic E-state index is 0.299. The minimum Gasteiger partial charge on any atom is -0.277 e. The molecule has 1 aliphatic carbocycles. The summed E-state index contributed by atoms with van der Waals surface area (Å²) in [5.74, 6) is 1.87. The molecule has 6 heteroatoms. The van der Waals surface area contributed by atoms with Crippen molar-refractivity contribution in [2.24, 2.45) is 0 Å². The molecule has 0 aliphatic heterocycles. The lowest BCUT2D eigenvalue weighted by atomic mass is 9.81. The minimum atomic E-state index is -0.299. The third kappa shape index (κ3) is 3.45. The van der Waals surface area contributed by atoms with E-state index in [1.807, 2.05) is 66.9 Å². The van der Waals surface area contributed by atoms with Crippen LogP contribution in [0.2, 0.25) is 0 Å². The molecule has 0 atom stereocenters. The molecule has 5 aromatic carbocycles. The van der Waals surface area contributed by atoms with Crippen molar-refractivity contribution in [1.29, 1.82) is 0 Å². The molecule has 1 aliphatic rings. The number of nitrogens with zero attached hydrogens (tertiary/aromatic N) is 6. The molecule has 6 nitrogen and oxygen atoms in total. The fraction of sp³-hybridized carbons (Fsp3) is 0.0789. The standard InChI is InChI=1S/C38H26N6/c1-38(2)29-20-17-25-21-39-22-40-33(25)31(29)28-19-18-27-26-15-9-10-16-30(26)44(34(27)32(28)38)37-42-35(23-11-5-3-6-12-23)41-36(43-37)24-13-7-4-8-14-24/h3-22H,1-2H3. The van der Waals surface area contributed by atoms with Gasteiger partial charge in [0, 0.05) is 44.5 Å². The Morgan fingerprint density at radius 3 is 2.05 bits per heavy atom. The van der Waals surface area contributed by atoms with Crippen molar-refractivity contribution in [3.63, 3.8) is 0 Å². The fourth-order valence-corrected chi connectivity index (χ4v) is 6.99. The first kappa shape index (κ1) is 24.8. The average molecular weight is 567 g/mol. The van der Waals surface area contributed by atoms with Gasteiger partial charge in [0.2, 0.25) is 5.95 Å². The highest BCUT2D eigenvalue weighted by Crippen LogP contribution is 2.54. The number of hydrogen-bond donors (Lipinski definition) is 0. The Morgan fingerprint density at radius 2 is 1.32 bits per heavy atom. The number of benzene rings is 5. The van der Waals surface area contributed by atoms with E-state index in [0.717, 1.165) is 38.4 Å². The quantitative estimate of drug-likeness (QED) is 0.214.